The van der Waals surface area contributed by atoms with Crippen LogP contribution in [-0.4, -0.2) is 54.3 Å². The Morgan fingerprint density at radius 1 is 1.09 bits per heavy atom. The van der Waals surface area contributed by atoms with Crippen molar-refractivity contribution in [1.29, 1.82) is 0 Å². The number of aliphatic hydroxyl groups is 1. The van der Waals surface area contributed by atoms with E-state index in [-0.39, 0.29) is 11.9 Å². The van der Waals surface area contributed by atoms with E-state index in [1.165, 1.54) is 12.8 Å². The lowest BCUT2D eigenvalue weighted by Gasteiger charge is -2.33. The molecule has 170 valence electrons. The second kappa shape index (κ2) is 7.82. The Labute approximate surface area is 194 Å². The molecule has 3 aromatic rings. The smallest absolute Gasteiger partial charge is 0.220 e. The van der Waals surface area contributed by atoms with Gasteiger partial charge in [0.1, 0.15) is 11.3 Å². The maximum Gasteiger partial charge on any atom is 0.220 e. The zero-order valence-electron chi connectivity index (χ0n) is 19.0. The standard InChI is InChI=1S/C26H30N6O/c1-26(33,17-2-3-17)10-6-18-14-21-22(23-7-11-28-25(27)30-23)16-32(24(21)15-29-18)20-8-12-31(13-9-20)19-4-5-19/h7,11,14-17,19-20,33H,2-5,8-9,12-13H2,1H3,(H2,27,28,30). The fraction of sp³-hybridized carbons (Fsp3) is 0.500. The molecule has 3 aromatic heterocycles. The van der Waals surface area contributed by atoms with E-state index >= 15 is 0 Å². The first-order valence-corrected chi connectivity index (χ1v) is 12.1. The molecule has 0 aromatic carbocycles. The van der Waals surface area contributed by atoms with E-state index in [1.807, 2.05) is 18.3 Å². The molecule has 1 atom stereocenters. The van der Waals surface area contributed by atoms with E-state index in [1.54, 1.807) is 13.1 Å². The van der Waals surface area contributed by atoms with E-state index in [2.05, 4.69) is 42.5 Å². The van der Waals surface area contributed by atoms with Gasteiger partial charge in [-0.25, -0.2) is 15.0 Å². The van der Waals surface area contributed by atoms with Crippen LogP contribution in [0.15, 0.2) is 30.7 Å². The van der Waals surface area contributed by atoms with Gasteiger partial charge in [-0.3, -0.25) is 0 Å². The van der Waals surface area contributed by atoms with Crippen LogP contribution in [0.5, 0.6) is 0 Å². The third kappa shape index (κ3) is 4.09. The average Bonchev–Trinajstić information content (AvgIpc) is 3.73. The second-order valence-corrected chi connectivity index (χ2v) is 10.0. The minimum absolute atomic E-state index is 0.265. The number of anilines is 1. The van der Waals surface area contributed by atoms with Crippen molar-refractivity contribution in [3.63, 3.8) is 0 Å². The molecule has 0 bridgehead atoms. The van der Waals surface area contributed by atoms with Crippen LogP contribution in [0.3, 0.4) is 0 Å². The molecule has 0 spiro atoms. The summed E-state index contributed by atoms with van der Waals surface area (Å²) in [6.07, 6.45) is 12.9. The SMILES string of the molecule is CC(O)(C#Cc1cc2c(-c3ccnc(N)n3)cn(C3CCN(C4CC4)CC3)c2cn1)C1CC1. The molecule has 6 rings (SSSR count). The van der Waals surface area contributed by atoms with Crippen LogP contribution in [0.4, 0.5) is 5.95 Å². The number of pyridine rings is 1. The molecule has 1 unspecified atom stereocenters. The molecule has 33 heavy (non-hydrogen) atoms. The lowest BCUT2D eigenvalue weighted by Crippen LogP contribution is -2.35. The number of nitrogens with zero attached hydrogens (tertiary/aromatic N) is 5. The Hall–Kier alpha value is -2.95. The maximum atomic E-state index is 10.6. The highest BCUT2D eigenvalue weighted by Gasteiger charge is 2.38. The molecule has 3 fully saturated rings. The zero-order valence-corrected chi connectivity index (χ0v) is 19.0. The molecule has 4 heterocycles. The minimum atomic E-state index is -0.956. The van der Waals surface area contributed by atoms with E-state index in [4.69, 9.17) is 5.73 Å². The Morgan fingerprint density at radius 2 is 1.88 bits per heavy atom. The second-order valence-electron chi connectivity index (χ2n) is 10.0. The fourth-order valence-corrected chi connectivity index (χ4v) is 5.15. The molecule has 3 aliphatic rings. The number of nitrogens with two attached hydrogens (primary N) is 1. The third-order valence-electron chi connectivity index (χ3n) is 7.44. The highest BCUT2D eigenvalue weighted by atomic mass is 16.3. The highest BCUT2D eigenvalue weighted by Crippen LogP contribution is 2.39. The van der Waals surface area contributed by atoms with Crippen LogP contribution in [0.2, 0.25) is 0 Å². The van der Waals surface area contributed by atoms with E-state index in [0.717, 1.165) is 67.0 Å². The number of piperidine rings is 1. The number of likely N-dealkylation sites (tertiary alicyclic amines) is 1. The first kappa shape index (κ1) is 20.6. The Kier molecular flexibility index (Phi) is 4.89. The highest BCUT2D eigenvalue weighted by molar-refractivity contribution is 5.95. The number of aromatic nitrogens is 4. The summed E-state index contributed by atoms with van der Waals surface area (Å²) in [6, 6.07) is 5.18. The summed E-state index contributed by atoms with van der Waals surface area (Å²) in [7, 11) is 0. The van der Waals surface area contributed by atoms with Gasteiger partial charge in [-0.2, -0.15) is 0 Å². The van der Waals surface area contributed by atoms with Gasteiger partial charge in [0.25, 0.3) is 0 Å². The largest absolute Gasteiger partial charge is 0.378 e. The van der Waals surface area contributed by atoms with Crippen LogP contribution in [-0.2, 0) is 0 Å². The summed E-state index contributed by atoms with van der Waals surface area (Å²) in [4.78, 5) is 15.8. The molecular weight excluding hydrogens is 412 g/mol. The van der Waals surface area contributed by atoms with Crippen molar-refractivity contribution in [3.8, 4) is 23.1 Å². The van der Waals surface area contributed by atoms with Crippen LogP contribution in [0, 0.1) is 17.8 Å². The molecule has 7 nitrogen and oxygen atoms in total. The van der Waals surface area contributed by atoms with Crippen molar-refractivity contribution in [3.05, 3.63) is 36.4 Å². The number of hydrogen-bond donors (Lipinski definition) is 2. The Balaban J connectivity index is 1.39. The van der Waals surface area contributed by atoms with Crippen molar-refractivity contribution < 1.29 is 5.11 Å². The van der Waals surface area contributed by atoms with Gasteiger partial charge in [0.15, 0.2) is 0 Å². The third-order valence-corrected chi connectivity index (χ3v) is 7.44. The van der Waals surface area contributed by atoms with Crippen LogP contribution < -0.4 is 5.73 Å². The molecule has 3 N–H and O–H groups in total. The summed E-state index contributed by atoms with van der Waals surface area (Å²) < 4.78 is 2.37. The molecule has 2 aliphatic carbocycles. The van der Waals surface area contributed by atoms with Crippen LogP contribution in [0.25, 0.3) is 22.2 Å². The van der Waals surface area contributed by atoms with Crippen LogP contribution >= 0.6 is 0 Å². The van der Waals surface area contributed by atoms with Crippen molar-refractivity contribution in [2.45, 2.75) is 63.1 Å². The van der Waals surface area contributed by atoms with Crippen molar-refractivity contribution >= 4 is 16.9 Å². The molecule has 0 amide bonds. The van der Waals surface area contributed by atoms with Gasteiger partial charge >= 0.3 is 0 Å². The Morgan fingerprint density at radius 3 is 2.58 bits per heavy atom. The fourth-order valence-electron chi connectivity index (χ4n) is 5.15. The molecule has 1 saturated heterocycles. The molecule has 7 heteroatoms. The Bertz CT molecular complexity index is 1250. The normalized spacial score (nSPS) is 21.5. The first-order chi connectivity index (χ1) is 16.0. The summed E-state index contributed by atoms with van der Waals surface area (Å²) in [6.45, 7) is 4.10. The lowest BCUT2D eigenvalue weighted by atomic mass is 10.0. The number of rotatable bonds is 4. The van der Waals surface area contributed by atoms with Gasteiger partial charge in [0.2, 0.25) is 5.95 Å². The average molecular weight is 443 g/mol. The number of nitrogen functional groups attached to an aromatic ring is 1. The van der Waals surface area contributed by atoms with Crippen molar-refractivity contribution in [2.75, 3.05) is 18.8 Å². The number of hydrogen-bond acceptors (Lipinski definition) is 6. The predicted octanol–water partition coefficient (Wildman–Crippen LogP) is 3.39. The van der Waals surface area contributed by atoms with Gasteiger partial charge in [-0.1, -0.05) is 5.92 Å². The monoisotopic (exact) mass is 442 g/mol. The number of fused-ring (bicyclic) bond motifs is 1. The van der Waals surface area contributed by atoms with Crippen LogP contribution in [0.1, 0.15) is 57.2 Å². The van der Waals surface area contributed by atoms with Gasteiger partial charge in [-0.15, -0.1) is 0 Å². The van der Waals surface area contributed by atoms with Crippen molar-refractivity contribution in [1.82, 2.24) is 24.4 Å². The maximum absolute atomic E-state index is 10.6. The summed E-state index contributed by atoms with van der Waals surface area (Å²) in [5.41, 5.74) is 8.51. The van der Waals surface area contributed by atoms with Gasteiger partial charge in [0, 0.05) is 48.5 Å². The molecular formula is C26H30N6O. The van der Waals surface area contributed by atoms with Gasteiger partial charge in [-0.05, 0) is 69.4 Å². The first-order valence-electron chi connectivity index (χ1n) is 12.1. The predicted molar refractivity (Wildman–Crippen MR) is 128 cm³/mol. The van der Waals surface area contributed by atoms with E-state index < -0.39 is 5.60 Å². The van der Waals surface area contributed by atoms with Crippen molar-refractivity contribution in [2.24, 2.45) is 5.92 Å². The zero-order chi connectivity index (χ0) is 22.6. The molecule has 2 saturated carbocycles. The quantitative estimate of drug-likeness (QED) is 0.602. The minimum Gasteiger partial charge on any atom is -0.378 e. The lowest BCUT2D eigenvalue weighted by molar-refractivity contribution is 0.0980. The topological polar surface area (TPSA) is 93.1 Å². The summed E-state index contributed by atoms with van der Waals surface area (Å²) >= 11 is 0. The van der Waals surface area contributed by atoms with E-state index in [0.29, 0.717) is 11.7 Å². The molecule has 0 radical (unpaired) electrons. The van der Waals surface area contributed by atoms with Gasteiger partial charge < -0.3 is 20.3 Å². The summed E-state index contributed by atoms with van der Waals surface area (Å²) in [5, 5.41) is 11.6. The summed E-state index contributed by atoms with van der Waals surface area (Å²) in [5.74, 6) is 6.70. The van der Waals surface area contributed by atoms with E-state index in [9.17, 15) is 5.11 Å². The van der Waals surface area contributed by atoms with Gasteiger partial charge in [0.05, 0.1) is 17.4 Å². The molecule has 1 aliphatic heterocycles.